The second kappa shape index (κ2) is 2.64. The molecular weight excluding hydrogens is 208 g/mol. The number of carbonyl (C=O) groups excluding carboxylic acids is 1. The van der Waals surface area contributed by atoms with Gasteiger partial charge in [-0.1, -0.05) is 0 Å². The fourth-order valence-electron chi connectivity index (χ4n) is 0.915. The molecule has 0 spiro atoms. The summed E-state index contributed by atoms with van der Waals surface area (Å²) >= 11 is 0. The molecule has 0 aromatic carbocycles. The third-order valence-electron chi connectivity index (χ3n) is 1.54. The molecule has 72 valence electrons. The first-order chi connectivity index (χ1) is 6.48. The molecule has 0 saturated heterocycles. The monoisotopic (exact) mass is 212 g/mol. The number of amidine groups is 2. The van der Waals surface area contributed by atoms with Crippen LogP contribution >= 0.6 is 0 Å². The van der Waals surface area contributed by atoms with Crippen LogP contribution in [0.4, 0.5) is 0 Å². The fourth-order valence-corrected chi connectivity index (χ4v) is 1.42. The molecule has 0 aliphatic carbocycles. The number of carbonyl (C=O) groups is 1. The van der Waals surface area contributed by atoms with Crippen molar-refractivity contribution in [2.45, 2.75) is 0 Å². The zero-order valence-corrected chi connectivity index (χ0v) is 7.82. The Morgan fingerprint density at radius 3 is 2.64 bits per heavy atom. The predicted molar refractivity (Wildman–Crippen MR) is 47.7 cm³/mol. The lowest BCUT2D eigenvalue weighted by Crippen LogP contribution is -2.21. The Balaban J connectivity index is 2.57. The van der Waals surface area contributed by atoms with Crippen LogP contribution < -0.4 is 0 Å². The van der Waals surface area contributed by atoms with E-state index in [1.54, 1.807) is 0 Å². The van der Waals surface area contributed by atoms with Gasteiger partial charge in [-0.3, -0.25) is 4.79 Å². The van der Waals surface area contributed by atoms with Gasteiger partial charge in [0.1, 0.15) is 5.57 Å². The van der Waals surface area contributed by atoms with Crippen LogP contribution in [0.25, 0.3) is 0 Å². The van der Waals surface area contributed by atoms with E-state index in [2.05, 4.69) is 20.2 Å². The minimum Gasteiger partial charge on any atom is -0.266 e. The zero-order chi connectivity index (χ0) is 10.3. The summed E-state index contributed by atoms with van der Waals surface area (Å²) in [6.07, 6.45) is 2.12. The highest BCUT2D eigenvalue weighted by atomic mass is 32.2. The van der Waals surface area contributed by atoms with Crippen molar-refractivity contribution >= 4 is 26.7 Å². The highest BCUT2D eigenvalue weighted by Crippen LogP contribution is 2.16. The molecule has 14 heavy (non-hydrogen) atoms. The molecule has 2 aliphatic rings. The van der Waals surface area contributed by atoms with E-state index < -0.39 is 20.9 Å². The van der Waals surface area contributed by atoms with Crippen LogP contribution in [0.15, 0.2) is 32.0 Å². The Morgan fingerprint density at radius 1 is 1.29 bits per heavy atom. The Bertz CT molecular complexity index is 537. The number of azo groups is 1. The van der Waals surface area contributed by atoms with Crippen LogP contribution in [0.2, 0.25) is 0 Å². The fraction of sp³-hybridized carbons (Fsp3) is 0.167. The number of sulfone groups is 1. The van der Waals surface area contributed by atoms with E-state index in [1.807, 2.05) is 0 Å². The summed E-state index contributed by atoms with van der Waals surface area (Å²) in [4.78, 5) is 18.1. The van der Waals surface area contributed by atoms with Gasteiger partial charge >= 0.3 is 0 Å². The zero-order valence-electron chi connectivity index (χ0n) is 7.00. The number of fused-ring (bicyclic) bond motifs is 1. The van der Waals surface area contributed by atoms with Crippen molar-refractivity contribution in [2.24, 2.45) is 20.2 Å². The number of hydrogen-bond acceptors (Lipinski definition) is 6. The van der Waals surface area contributed by atoms with Gasteiger partial charge in [0.05, 0.1) is 6.20 Å². The minimum absolute atomic E-state index is 0.00502. The molecule has 2 aliphatic heterocycles. The van der Waals surface area contributed by atoms with E-state index >= 15 is 0 Å². The molecule has 2 heterocycles. The summed E-state index contributed by atoms with van der Waals surface area (Å²) in [6.45, 7) is 0. The van der Waals surface area contributed by atoms with Crippen molar-refractivity contribution in [3.63, 3.8) is 0 Å². The maximum atomic E-state index is 11.2. The largest absolute Gasteiger partial charge is 0.285 e. The molecule has 0 unspecified atom stereocenters. The minimum atomic E-state index is -3.58. The average molecular weight is 212 g/mol. The first-order valence-electron chi connectivity index (χ1n) is 3.51. The SMILES string of the molecule is CS(=O)(=O)C1=NC(=O)C2=CN=NC2=N1. The Hall–Kier alpha value is -1.70. The number of aliphatic imine (C=N–C) groups is 2. The van der Waals surface area contributed by atoms with E-state index in [9.17, 15) is 13.2 Å². The highest BCUT2D eigenvalue weighted by Gasteiger charge is 2.28. The van der Waals surface area contributed by atoms with Crippen LogP contribution in [0.1, 0.15) is 0 Å². The summed E-state index contributed by atoms with van der Waals surface area (Å²) in [5.41, 5.74) is 0.123. The molecule has 2 rings (SSSR count). The topological polar surface area (TPSA) is 101 Å². The van der Waals surface area contributed by atoms with Gasteiger partial charge in [0, 0.05) is 6.26 Å². The van der Waals surface area contributed by atoms with E-state index in [1.165, 1.54) is 6.20 Å². The van der Waals surface area contributed by atoms with Crippen LogP contribution in [0.3, 0.4) is 0 Å². The third-order valence-corrected chi connectivity index (χ3v) is 2.39. The summed E-state index contributed by atoms with van der Waals surface area (Å²) in [5.74, 6) is -0.675. The van der Waals surface area contributed by atoms with Crippen molar-refractivity contribution in [1.82, 2.24) is 0 Å². The second-order valence-corrected chi connectivity index (χ2v) is 4.57. The first-order valence-corrected chi connectivity index (χ1v) is 5.41. The second-order valence-electron chi connectivity index (χ2n) is 2.67. The van der Waals surface area contributed by atoms with E-state index in [0.717, 1.165) is 6.26 Å². The molecular formula is C6H4N4O3S. The Labute approximate surface area is 78.9 Å². The van der Waals surface area contributed by atoms with Gasteiger partial charge < -0.3 is 0 Å². The quantitative estimate of drug-likeness (QED) is 0.549. The molecule has 0 aromatic heterocycles. The molecule has 0 fully saturated rings. The molecule has 8 heteroatoms. The molecule has 1 amide bonds. The van der Waals surface area contributed by atoms with Gasteiger partial charge in [-0.25, -0.2) is 8.42 Å². The summed E-state index contributed by atoms with van der Waals surface area (Å²) in [5, 5.41) is 6.41. The lowest BCUT2D eigenvalue weighted by atomic mass is 10.2. The van der Waals surface area contributed by atoms with Crippen LogP contribution in [0.5, 0.6) is 0 Å². The molecule has 7 nitrogen and oxygen atoms in total. The van der Waals surface area contributed by atoms with Crippen LogP contribution in [-0.2, 0) is 14.6 Å². The first kappa shape index (κ1) is 8.88. The summed E-state index contributed by atoms with van der Waals surface area (Å²) < 4.78 is 22.1. The van der Waals surface area contributed by atoms with Crippen LogP contribution in [-0.4, -0.2) is 31.6 Å². The van der Waals surface area contributed by atoms with Gasteiger partial charge in [0.15, 0.2) is 5.84 Å². The number of amides is 1. The lowest BCUT2D eigenvalue weighted by molar-refractivity contribution is -0.113. The van der Waals surface area contributed by atoms with Crippen molar-refractivity contribution < 1.29 is 13.2 Å². The summed E-state index contributed by atoms with van der Waals surface area (Å²) in [7, 11) is -3.58. The third kappa shape index (κ3) is 1.29. The molecule has 0 bridgehead atoms. The van der Waals surface area contributed by atoms with Crippen molar-refractivity contribution in [1.29, 1.82) is 0 Å². The van der Waals surface area contributed by atoms with Crippen LogP contribution in [0, 0.1) is 0 Å². The Kier molecular flexibility index (Phi) is 1.68. The smallest absolute Gasteiger partial charge is 0.266 e. The van der Waals surface area contributed by atoms with E-state index in [-0.39, 0.29) is 11.4 Å². The molecule has 0 radical (unpaired) electrons. The highest BCUT2D eigenvalue weighted by molar-refractivity contribution is 8.05. The molecule has 0 N–H and O–H groups in total. The van der Waals surface area contributed by atoms with Gasteiger partial charge in [-0.2, -0.15) is 15.1 Å². The van der Waals surface area contributed by atoms with Crippen molar-refractivity contribution in [3.05, 3.63) is 11.8 Å². The number of rotatable bonds is 0. The van der Waals surface area contributed by atoms with Gasteiger partial charge in [0.25, 0.3) is 11.1 Å². The van der Waals surface area contributed by atoms with Gasteiger partial charge in [-0.05, 0) is 0 Å². The normalized spacial score (nSPS) is 20.1. The predicted octanol–water partition coefficient (Wildman–Crippen LogP) is -0.325. The van der Waals surface area contributed by atoms with E-state index in [4.69, 9.17) is 0 Å². The molecule has 0 atom stereocenters. The van der Waals surface area contributed by atoms with Crippen molar-refractivity contribution in [2.75, 3.05) is 6.26 Å². The molecule has 0 aromatic rings. The lowest BCUT2D eigenvalue weighted by Gasteiger charge is -2.04. The maximum Gasteiger partial charge on any atom is 0.285 e. The standard InChI is InChI=1S/C6H4N4O3S/c1-14(12,13)6-8-4-3(2-7-10-4)5(11)9-6/h2H,1H3. The number of nitrogens with zero attached hydrogens (tertiary/aromatic N) is 4. The average Bonchev–Trinajstić information content (AvgIpc) is 2.50. The van der Waals surface area contributed by atoms with Gasteiger partial charge in [-0.15, -0.1) is 5.11 Å². The number of hydrogen-bond donors (Lipinski definition) is 0. The van der Waals surface area contributed by atoms with E-state index in [0.29, 0.717) is 0 Å². The van der Waals surface area contributed by atoms with Crippen molar-refractivity contribution in [3.8, 4) is 0 Å². The van der Waals surface area contributed by atoms with Gasteiger partial charge in [0.2, 0.25) is 9.84 Å². The maximum absolute atomic E-state index is 11.2. The Morgan fingerprint density at radius 2 is 2.00 bits per heavy atom. The summed E-state index contributed by atoms with van der Waals surface area (Å²) in [6, 6.07) is 0. The molecule has 0 saturated carbocycles.